The van der Waals surface area contributed by atoms with Crippen LogP contribution in [-0.2, 0) is 18.4 Å². The van der Waals surface area contributed by atoms with Crippen LogP contribution in [0.5, 0.6) is 0 Å². The first-order valence-corrected chi connectivity index (χ1v) is 9.61. The topological polar surface area (TPSA) is 50.2 Å². The first-order chi connectivity index (χ1) is 13.2. The van der Waals surface area contributed by atoms with Gasteiger partial charge in [-0.25, -0.2) is 0 Å². The van der Waals surface area contributed by atoms with Crippen LogP contribution in [0.4, 0.5) is 0 Å². The average molecular weight is 362 g/mol. The molecule has 2 aromatic carbocycles. The van der Waals surface area contributed by atoms with Gasteiger partial charge in [0.2, 0.25) is 5.91 Å². The Morgan fingerprint density at radius 2 is 2.04 bits per heavy atom. The smallest absolute Gasteiger partial charge is 0.227 e. The molecule has 0 spiro atoms. The Hall–Kier alpha value is -2.66. The maximum Gasteiger partial charge on any atom is 0.227 e. The third-order valence-electron chi connectivity index (χ3n) is 5.57. The normalized spacial score (nSPS) is 19.5. The Labute approximate surface area is 160 Å². The molecule has 5 nitrogen and oxygen atoms in total. The van der Waals surface area contributed by atoms with Crippen LogP contribution in [0.25, 0.3) is 10.8 Å². The van der Waals surface area contributed by atoms with Crippen LogP contribution in [-0.4, -0.2) is 40.2 Å². The summed E-state index contributed by atoms with van der Waals surface area (Å²) in [5, 5.41) is 10.1. The SMILES string of the molecule is CCN(Cc1ccc2ccccc2c1)C(=O)[C@H]1CNC[C@@H]1c1cnn(C)c1. The molecule has 1 aliphatic rings. The molecule has 0 bridgehead atoms. The number of hydrogen-bond acceptors (Lipinski definition) is 3. The van der Waals surface area contributed by atoms with Gasteiger partial charge in [0.25, 0.3) is 0 Å². The summed E-state index contributed by atoms with van der Waals surface area (Å²) < 4.78 is 1.81. The van der Waals surface area contributed by atoms with Gasteiger partial charge in [-0.05, 0) is 34.9 Å². The van der Waals surface area contributed by atoms with E-state index in [4.69, 9.17) is 0 Å². The summed E-state index contributed by atoms with van der Waals surface area (Å²) in [4.78, 5) is 15.3. The summed E-state index contributed by atoms with van der Waals surface area (Å²) in [5.41, 5.74) is 2.32. The molecule has 27 heavy (non-hydrogen) atoms. The number of nitrogens with one attached hydrogen (secondary N) is 1. The molecule has 1 N–H and O–H groups in total. The number of amides is 1. The Bertz CT molecular complexity index is 948. The van der Waals surface area contributed by atoms with Crippen LogP contribution in [0, 0.1) is 5.92 Å². The Morgan fingerprint density at radius 3 is 2.78 bits per heavy atom. The maximum absolute atomic E-state index is 13.3. The molecule has 5 heteroatoms. The minimum atomic E-state index is -0.0328. The average Bonchev–Trinajstić information content (AvgIpc) is 3.34. The molecule has 140 valence electrons. The van der Waals surface area contributed by atoms with Crippen LogP contribution in [0.1, 0.15) is 24.0 Å². The van der Waals surface area contributed by atoms with Crippen molar-refractivity contribution >= 4 is 16.7 Å². The van der Waals surface area contributed by atoms with Crippen LogP contribution in [0.2, 0.25) is 0 Å². The first kappa shape index (κ1) is 17.7. The van der Waals surface area contributed by atoms with Crippen molar-refractivity contribution in [2.45, 2.75) is 19.4 Å². The summed E-state index contributed by atoms with van der Waals surface area (Å²) in [6, 6.07) is 14.8. The van der Waals surface area contributed by atoms with E-state index >= 15 is 0 Å². The van der Waals surface area contributed by atoms with Gasteiger partial charge >= 0.3 is 0 Å². The molecule has 1 saturated heterocycles. The van der Waals surface area contributed by atoms with Gasteiger partial charge in [-0.2, -0.15) is 5.10 Å². The fourth-order valence-corrected chi connectivity index (χ4v) is 4.06. The first-order valence-electron chi connectivity index (χ1n) is 9.61. The van der Waals surface area contributed by atoms with Gasteiger partial charge in [0.15, 0.2) is 0 Å². The Balaban J connectivity index is 1.53. The largest absolute Gasteiger partial charge is 0.338 e. The molecule has 0 saturated carbocycles. The van der Waals surface area contributed by atoms with E-state index in [2.05, 4.69) is 59.8 Å². The van der Waals surface area contributed by atoms with Crippen molar-refractivity contribution in [3.63, 3.8) is 0 Å². The number of fused-ring (bicyclic) bond motifs is 1. The standard InChI is InChI=1S/C22H26N4O/c1-3-26(14-16-8-9-17-6-4-5-7-18(17)10-16)22(27)21-13-23-12-20(21)19-11-24-25(2)15-19/h4-11,15,20-21,23H,3,12-14H2,1-2H3/t20-,21+/m1/s1. The minimum absolute atomic E-state index is 0.0328. The van der Waals surface area contributed by atoms with Crippen molar-refractivity contribution in [3.8, 4) is 0 Å². The van der Waals surface area contributed by atoms with E-state index in [-0.39, 0.29) is 17.7 Å². The van der Waals surface area contributed by atoms with Gasteiger partial charge in [0, 0.05) is 45.3 Å². The van der Waals surface area contributed by atoms with Crippen LogP contribution >= 0.6 is 0 Å². The lowest BCUT2D eigenvalue weighted by Gasteiger charge is -2.27. The number of carbonyl (C=O) groups excluding carboxylic acids is 1. The van der Waals surface area contributed by atoms with Crippen LogP contribution in [0.15, 0.2) is 54.9 Å². The van der Waals surface area contributed by atoms with E-state index in [1.165, 1.54) is 16.3 Å². The summed E-state index contributed by atoms with van der Waals surface area (Å²) in [6.45, 7) is 4.97. The van der Waals surface area contributed by atoms with Crippen molar-refractivity contribution in [1.29, 1.82) is 0 Å². The van der Waals surface area contributed by atoms with E-state index in [1.54, 1.807) is 0 Å². The molecule has 1 aromatic heterocycles. The maximum atomic E-state index is 13.3. The highest BCUT2D eigenvalue weighted by molar-refractivity contribution is 5.83. The summed E-state index contributed by atoms with van der Waals surface area (Å²) in [6.07, 6.45) is 3.91. The predicted octanol–water partition coefficient (Wildman–Crippen LogP) is 2.93. The molecule has 0 aliphatic carbocycles. The highest BCUT2D eigenvalue weighted by atomic mass is 16.2. The molecule has 4 rings (SSSR count). The molecule has 0 radical (unpaired) electrons. The van der Waals surface area contributed by atoms with Crippen molar-refractivity contribution in [3.05, 3.63) is 66.0 Å². The molecule has 0 unspecified atom stereocenters. The fourth-order valence-electron chi connectivity index (χ4n) is 4.06. The van der Waals surface area contributed by atoms with E-state index in [0.717, 1.165) is 18.7 Å². The summed E-state index contributed by atoms with van der Waals surface area (Å²) in [7, 11) is 1.92. The molecule has 1 aliphatic heterocycles. The van der Waals surface area contributed by atoms with Crippen molar-refractivity contribution < 1.29 is 4.79 Å². The molecule has 3 aromatic rings. The fraction of sp³-hybridized carbons (Fsp3) is 0.364. The monoisotopic (exact) mass is 362 g/mol. The van der Waals surface area contributed by atoms with Crippen LogP contribution < -0.4 is 5.32 Å². The molecular weight excluding hydrogens is 336 g/mol. The number of aryl methyl sites for hydroxylation is 1. The highest BCUT2D eigenvalue weighted by Gasteiger charge is 2.36. The lowest BCUT2D eigenvalue weighted by Crippen LogP contribution is -2.38. The second-order valence-electron chi connectivity index (χ2n) is 7.35. The van der Waals surface area contributed by atoms with Crippen molar-refractivity contribution in [2.75, 3.05) is 19.6 Å². The van der Waals surface area contributed by atoms with E-state index in [0.29, 0.717) is 13.1 Å². The Morgan fingerprint density at radius 1 is 1.22 bits per heavy atom. The molecule has 2 atom stereocenters. The van der Waals surface area contributed by atoms with E-state index in [1.807, 2.05) is 29.0 Å². The van der Waals surface area contributed by atoms with Gasteiger partial charge in [-0.3, -0.25) is 9.48 Å². The zero-order chi connectivity index (χ0) is 18.8. The quantitative estimate of drug-likeness (QED) is 0.759. The molecule has 1 fully saturated rings. The molecular formula is C22H26N4O. The van der Waals surface area contributed by atoms with E-state index in [9.17, 15) is 4.79 Å². The third-order valence-corrected chi connectivity index (χ3v) is 5.57. The Kier molecular flexibility index (Phi) is 4.94. The second kappa shape index (κ2) is 7.53. The number of aromatic nitrogens is 2. The van der Waals surface area contributed by atoms with Gasteiger partial charge in [-0.1, -0.05) is 36.4 Å². The lowest BCUT2D eigenvalue weighted by atomic mass is 9.89. The van der Waals surface area contributed by atoms with Gasteiger partial charge < -0.3 is 10.2 Å². The summed E-state index contributed by atoms with van der Waals surface area (Å²) >= 11 is 0. The number of hydrogen-bond donors (Lipinski definition) is 1. The molecule has 1 amide bonds. The zero-order valence-corrected chi connectivity index (χ0v) is 15.9. The number of nitrogens with zero attached hydrogens (tertiary/aromatic N) is 3. The highest BCUT2D eigenvalue weighted by Crippen LogP contribution is 2.30. The zero-order valence-electron chi connectivity index (χ0n) is 15.9. The second-order valence-corrected chi connectivity index (χ2v) is 7.35. The van der Waals surface area contributed by atoms with Crippen molar-refractivity contribution in [1.82, 2.24) is 20.0 Å². The van der Waals surface area contributed by atoms with Crippen LogP contribution in [0.3, 0.4) is 0 Å². The van der Waals surface area contributed by atoms with Gasteiger partial charge in [0.05, 0.1) is 12.1 Å². The van der Waals surface area contributed by atoms with Gasteiger partial charge in [-0.15, -0.1) is 0 Å². The van der Waals surface area contributed by atoms with E-state index < -0.39 is 0 Å². The predicted molar refractivity (Wildman–Crippen MR) is 107 cm³/mol. The number of benzene rings is 2. The summed E-state index contributed by atoms with van der Waals surface area (Å²) in [5.74, 6) is 0.385. The molecule has 2 heterocycles. The number of rotatable bonds is 5. The minimum Gasteiger partial charge on any atom is -0.338 e. The number of carbonyl (C=O) groups is 1. The lowest BCUT2D eigenvalue weighted by molar-refractivity contribution is -0.135. The third kappa shape index (κ3) is 3.60. The van der Waals surface area contributed by atoms with Gasteiger partial charge in [0.1, 0.15) is 0 Å². The van der Waals surface area contributed by atoms with Crippen molar-refractivity contribution in [2.24, 2.45) is 13.0 Å².